The molecule has 0 saturated heterocycles. The second kappa shape index (κ2) is 6.68. The van der Waals surface area contributed by atoms with Gasteiger partial charge < -0.3 is 14.6 Å². The highest BCUT2D eigenvalue weighted by Gasteiger charge is 2.29. The van der Waals surface area contributed by atoms with Gasteiger partial charge in [-0.2, -0.15) is 4.98 Å². The molecule has 2 aromatic heterocycles. The Morgan fingerprint density at radius 2 is 2.20 bits per heavy atom. The predicted molar refractivity (Wildman–Crippen MR) is 94.9 cm³/mol. The topological polar surface area (TPSA) is 77.2 Å². The molecule has 0 bridgehead atoms. The first kappa shape index (κ1) is 15.8. The summed E-state index contributed by atoms with van der Waals surface area (Å²) >= 11 is 1.47. The number of amides is 1. The molecular formula is C18H17N3O3S. The van der Waals surface area contributed by atoms with Gasteiger partial charge in [0.05, 0.1) is 19.2 Å². The van der Waals surface area contributed by atoms with Crippen LogP contribution in [0, 0.1) is 0 Å². The molecule has 0 unspecified atom stereocenters. The van der Waals surface area contributed by atoms with Crippen molar-refractivity contribution < 1.29 is 14.1 Å². The minimum absolute atomic E-state index is 0.119. The van der Waals surface area contributed by atoms with Gasteiger partial charge in [-0.15, -0.1) is 11.3 Å². The SMILES string of the molecule is COc1ccccc1CC(=O)Nc1ccsc1-c1nc(C2CC2)no1. The average Bonchev–Trinajstić information content (AvgIpc) is 3.17. The summed E-state index contributed by atoms with van der Waals surface area (Å²) < 4.78 is 10.7. The highest BCUT2D eigenvalue weighted by molar-refractivity contribution is 7.14. The lowest BCUT2D eigenvalue weighted by Gasteiger charge is -2.08. The van der Waals surface area contributed by atoms with Gasteiger partial charge in [0.1, 0.15) is 10.6 Å². The Kier molecular flexibility index (Phi) is 4.23. The molecule has 1 aliphatic rings. The molecule has 3 aromatic rings. The number of para-hydroxylation sites is 1. The summed E-state index contributed by atoms with van der Waals surface area (Å²) in [5.74, 6) is 2.24. The number of rotatable bonds is 6. The Bertz CT molecular complexity index is 898. The van der Waals surface area contributed by atoms with Crippen molar-refractivity contribution in [3.63, 3.8) is 0 Å². The first-order valence-electron chi connectivity index (χ1n) is 8.08. The molecule has 0 radical (unpaired) electrons. The van der Waals surface area contributed by atoms with Crippen LogP contribution < -0.4 is 10.1 Å². The molecular weight excluding hydrogens is 338 g/mol. The maximum Gasteiger partial charge on any atom is 0.270 e. The first-order valence-corrected chi connectivity index (χ1v) is 8.96. The molecule has 128 valence electrons. The fraction of sp³-hybridized carbons (Fsp3) is 0.278. The summed E-state index contributed by atoms with van der Waals surface area (Å²) in [6.45, 7) is 0. The number of nitrogens with zero attached hydrogens (tertiary/aromatic N) is 2. The van der Waals surface area contributed by atoms with Crippen LogP contribution in [0.1, 0.15) is 30.1 Å². The van der Waals surface area contributed by atoms with E-state index in [4.69, 9.17) is 9.26 Å². The van der Waals surface area contributed by atoms with Crippen LogP contribution in [0.4, 0.5) is 5.69 Å². The summed E-state index contributed by atoms with van der Waals surface area (Å²) in [4.78, 5) is 17.7. The number of ether oxygens (including phenoxy) is 1. The summed E-state index contributed by atoms with van der Waals surface area (Å²) in [6, 6.07) is 9.34. The number of carbonyl (C=O) groups excluding carboxylic acids is 1. The standard InChI is InChI=1S/C18H17N3O3S/c1-23-14-5-3-2-4-12(14)10-15(22)19-13-8-9-25-16(13)18-20-17(21-24-18)11-6-7-11/h2-5,8-9,11H,6-7,10H2,1H3,(H,19,22). The quantitative estimate of drug-likeness (QED) is 0.726. The molecule has 0 aliphatic heterocycles. The van der Waals surface area contributed by atoms with Crippen LogP contribution in [-0.4, -0.2) is 23.2 Å². The van der Waals surface area contributed by atoms with Gasteiger partial charge in [0.25, 0.3) is 5.89 Å². The van der Waals surface area contributed by atoms with Crippen LogP contribution in [0.3, 0.4) is 0 Å². The number of benzene rings is 1. The van der Waals surface area contributed by atoms with E-state index in [1.807, 2.05) is 35.7 Å². The van der Waals surface area contributed by atoms with Crippen molar-refractivity contribution in [3.8, 4) is 16.5 Å². The minimum atomic E-state index is -0.119. The zero-order valence-corrected chi connectivity index (χ0v) is 14.5. The van der Waals surface area contributed by atoms with E-state index in [0.717, 1.165) is 29.1 Å². The third-order valence-electron chi connectivity index (χ3n) is 4.06. The monoisotopic (exact) mass is 355 g/mol. The number of nitrogens with one attached hydrogen (secondary N) is 1. The lowest BCUT2D eigenvalue weighted by Crippen LogP contribution is -2.14. The third-order valence-corrected chi connectivity index (χ3v) is 4.96. The van der Waals surface area contributed by atoms with E-state index in [9.17, 15) is 4.79 Å². The second-order valence-electron chi connectivity index (χ2n) is 5.93. The lowest BCUT2D eigenvalue weighted by molar-refractivity contribution is -0.115. The lowest BCUT2D eigenvalue weighted by atomic mass is 10.1. The van der Waals surface area contributed by atoms with Crippen LogP contribution in [0.15, 0.2) is 40.2 Å². The Morgan fingerprint density at radius 1 is 1.36 bits per heavy atom. The van der Waals surface area contributed by atoms with Crippen molar-refractivity contribution >= 4 is 22.9 Å². The van der Waals surface area contributed by atoms with E-state index >= 15 is 0 Å². The van der Waals surface area contributed by atoms with E-state index < -0.39 is 0 Å². The van der Waals surface area contributed by atoms with Gasteiger partial charge in [0, 0.05) is 11.5 Å². The molecule has 1 fully saturated rings. The van der Waals surface area contributed by atoms with E-state index in [0.29, 0.717) is 23.2 Å². The van der Waals surface area contributed by atoms with E-state index in [1.54, 1.807) is 7.11 Å². The highest BCUT2D eigenvalue weighted by atomic mass is 32.1. The van der Waals surface area contributed by atoms with Crippen LogP contribution in [-0.2, 0) is 11.2 Å². The van der Waals surface area contributed by atoms with E-state index in [1.165, 1.54) is 11.3 Å². The van der Waals surface area contributed by atoms with Crippen molar-refractivity contribution in [3.05, 3.63) is 47.1 Å². The van der Waals surface area contributed by atoms with Gasteiger partial charge in [0.2, 0.25) is 5.91 Å². The zero-order valence-electron chi connectivity index (χ0n) is 13.7. The van der Waals surface area contributed by atoms with Crippen molar-refractivity contribution in [1.29, 1.82) is 0 Å². The molecule has 1 saturated carbocycles. The molecule has 0 atom stereocenters. The van der Waals surface area contributed by atoms with Crippen molar-refractivity contribution in [2.75, 3.05) is 12.4 Å². The number of anilines is 1. The molecule has 1 N–H and O–H groups in total. The number of carbonyl (C=O) groups is 1. The Hall–Kier alpha value is -2.67. The van der Waals surface area contributed by atoms with Gasteiger partial charge in [-0.1, -0.05) is 23.4 Å². The molecule has 4 rings (SSSR count). The molecule has 2 heterocycles. The average molecular weight is 355 g/mol. The van der Waals surface area contributed by atoms with Gasteiger partial charge in [0.15, 0.2) is 5.82 Å². The Balaban J connectivity index is 1.49. The number of thiophene rings is 1. The van der Waals surface area contributed by atoms with Crippen molar-refractivity contribution in [2.45, 2.75) is 25.2 Å². The minimum Gasteiger partial charge on any atom is -0.496 e. The summed E-state index contributed by atoms with van der Waals surface area (Å²) in [7, 11) is 1.60. The van der Waals surface area contributed by atoms with Crippen LogP contribution >= 0.6 is 11.3 Å². The van der Waals surface area contributed by atoms with Crippen molar-refractivity contribution in [1.82, 2.24) is 10.1 Å². The second-order valence-corrected chi connectivity index (χ2v) is 6.85. The summed E-state index contributed by atoms with van der Waals surface area (Å²) in [5, 5.41) is 8.87. The fourth-order valence-corrected chi connectivity index (χ4v) is 3.39. The summed E-state index contributed by atoms with van der Waals surface area (Å²) in [6.07, 6.45) is 2.47. The molecule has 7 heteroatoms. The van der Waals surface area contributed by atoms with Crippen LogP contribution in [0.5, 0.6) is 5.75 Å². The van der Waals surface area contributed by atoms with Crippen LogP contribution in [0.25, 0.3) is 10.8 Å². The first-order chi connectivity index (χ1) is 12.2. The molecule has 1 aromatic carbocycles. The zero-order chi connectivity index (χ0) is 17.2. The molecule has 6 nitrogen and oxygen atoms in total. The Labute approximate surface area is 148 Å². The van der Waals surface area contributed by atoms with E-state index in [2.05, 4.69) is 15.5 Å². The molecule has 1 amide bonds. The van der Waals surface area contributed by atoms with Crippen molar-refractivity contribution in [2.24, 2.45) is 0 Å². The summed E-state index contributed by atoms with van der Waals surface area (Å²) in [5.41, 5.74) is 1.53. The fourth-order valence-electron chi connectivity index (χ4n) is 2.62. The van der Waals surface area contributed by atoms with Gasteiger partial charge >= 0.3 is 0 Å². The van der Waals surface area contributed by atoms with Gasteiger partial charge in [-0.25, -0.2) is 0 Å². The largest absolute Gasteiger partial charge is 0.496 e. The number of aromatic nitrogens is 2. The smallest absolute Gasteiger partial charge is 0.270 e. The predicted octanol–water partition coefficient (Wildman–Crippen LogP) is 3.87. The van der Waals surface area contributed by atoms with Crippen LogP contribution in [0.2, 0.25) is 0 Å². The highest BCUT2D eigenvalue weighted by Crippen LogP contribution is 2.40. The molecule has 25 heavy (non-hydrogen) atoms. The normalized spacial score (nSPS) is 13.6. The maximum atomic E-state index is 12.4. The van der Waals surface area contributed by atoms with Gasteiger partial charge in [-0.05, 0) is 30.4 Å². The van der Waals surface area contributed by atoms with Gasteiger partial charge in [-0.3, -0.25) is 4.79 Å². The van der Waals surface area contributed by atoms with E-state index in [-0.39, 0.29) is 12.3 Å². The molecule has 1 aliphatic carbocycles. The third kappa shape index (κ3) is 3.41. The number of hydrogen-bond acceptors (Lipinski definition) is 6. The number of methoxy groups -OCH3 is 1. The maximum absolute atomic E-state index is 12.4. The number of hydrogen-bond donors (Lipinski definition) is 1. The molecule has 0 spiro atoms. The Morgan fingerprint density at radius 3 is 3.00 bits per heavy atom.